The third-order valence-corrected chi connectivity index (χ3v) is 4.83. The molecule has 0 atom stereocenters. The van der Waals surface area contributed by atoms with Crippen molar-refractivity contribution in [2.75, 3.05) is 0 Å². The second kappa shape index (κ2) is 8.73. The number of aromatic nitrogens is 4. The maximum atomic E-state index is 12.3. The number of pyridine rings is 1. The van der Waals surface area contributed by atoms with E-state index in [1.54, 1.807) is 18.6 Å². The highest BCUT2D eigenvalue weighted by atomic mass is 16.4. The van der Waals surface area contributed by atoms with Crippen molar-refractivity contribution in [1.29, 1.82) is 0 Å². The quantitative estimate of drug-likeness (QED) is 0.509. The molecule has 3 aromatic heterocycles. The van der Waals surface area contributed by atoms with Gasteiger partial charge in [0.15, 0.2) is 11.7 Å². The third kappa shape index (κ3) is 4.63. The zero-order valence-electron chi connectivity index (χ0n) is 17.0. The lowest BCUT2D eigenvalue weighted by Gasteiger charge is -2.08. The van der Waals surface area contributed by atoms with Crippen LogP contribution in [0.15, 0.2) is 65.6 Å². The van der Waals surface area contributed by atoms with Gasteiger partial charge in [0, 0.05) is 43.5 Å². The van der Waals surface area contributed by atoms with Gasteiger partial charge in [0.1, 0.15) is 11.6 Å². The molecule has 0 aliphatic rings. The molecule has 7 heteroatoms. The molecule has 0 fully saturated rings. The first-order valence-corrected chi connectivity index (χ1v) is 9.82. The van der Waals surface area contributed by atoms with Crippen LogP contribution in [-0.2, 0) is 17.8 Å². The summed E-state index contributed by atoms with van der Waals surface area (Å²) in [4.78, 5) is 25.1. The fourth-order valence-corrected chi connectivity index (χ4v) is 3.11. The van der Waals surface area contributed by atoms with E-state index in [4.69, 9.17) is 4.42 Å². The van der Waals surface area contributed by atoms with Gasteiger partial charge in [0.25, 0.3) is 0 Å². The van der Waals surface area contributed by atoms with Crippen molar-refractivity contribution in [3.8, 4) is 17.1 Å². The molecule has 3 heterocycles. The van der Waals surface area contributed by atoms with Crippen LogP contribution in [0.2, 0.25) is 0 Å². The van der Waals surface area contributed by atoms with Gasteiger partial charge in [0.2, 0.25) is 5.91 Å². The van der Waals surface area contributed by atoms with Crippen LogP contribution in [0.1, 0.15) is 29.3 Å². The van der Waals surface area contributed by atoms with Crippen molar-refractivity contribution in [3.63, 3.8) is 0 Å². The Morgan fingerprint density at radius 1 is 1.07 bits per heavy atom. The van der Waals surface area contributed by atoms with Gasteiger partial charge in [-0.3, -0.25) is 9.36 Å². The van der Waals surface area contributed by atoms with Gasteiger partial charge in [0.05, 0.1) is 6.20 Å². The Labute approximate surface area is 174 Å². The number of amides is 1. The van der Waals surface area contributed by atoms with Crippen LogP contribution < -0.4 is 5.32 Å². The first kappa shape index (κ1) is 19.6. The smallest absolute Gasteiger partial charge is 0.220 e. The van der Waals surface area contributed by atoms with Crippen molar-refractivity contribution in [2.24, 2.45) is 0 Å². The largest absolute Gasteiger partial charge is 0.441 e. The topological polar surface area (TPSA) is 85.8 Å². The highest BCUT2D eigenvalue weighted by Crippen LogP contribution is 2.21. The number of aryl methyl sites for hydroxylation is 3. The van der Waals surface area contributed by atoms with E-state index in [1.165, 1.54) is 5.56 Å². The minimum Gasteiger partial charge on any atom is -0.441 e. The standard InChI is InChI=1S/C23H23N5O2/c1-16-3-5-19(6-4-16)20-15-27-23(30-20)8-7-22(29)26-14-18-9-10-25-21(13-18)28-12-11-24-17(28)2/h3-6,9-13,15H,7-8,14H2,1-2H3,(H,26,29). The van der Waals surface area contributed by atoms with Crippen molar-refractivity contribution in [3.05, 3.63) is 84.0 Å². The van der Waals surface area contributed by atoms with Crippen molar-refractivity contribution in [2.45, 2.75) is 33.2 Å². The molecule has 0 radical (unpaired) electrons. The number of nitrogens with one attached hydrogen (secondary N) is 1. The number of nitrogens with zero attached hydrogens (tertiary/aromatic N) is 4. The van der Waals surface area contributed by atoms with Crippen LogP contribution >= 0.6 is 0 Å². The first-order chi connectivity index (χ1) is 14.6. The molecule has 4 rings (SSSR count). The van der Waals surface area contributed by atoms with Gasteiger partial charge >= 0.3 is 0 Å². The van der Waals surface area contributed by atoms with Crippen LogP contribution in [0.4, 0.5) is 0 Å². The third-order valence-electron chi connectivity index (χ3n) is 4.83. The van der Waals surface area contributed by atoms with E-state index in [0.29, 0.717) is 31.0 Å². The molecule has 0 bridgehead atoms. The molecule has 0 unspecified atom stereocenters. The minimum atomic E-state index is -0.0535. The molecular weight excluding hydrogens is 378 g/mol. The molecule has 30 heavy (non-hydrogen) atoms. The summed E-state index contributed by atoms with van der Waals surface area (Å²) in [5, 5.41) is 2.94. The molecule has 0 aliphatic carbocycles. The number of carbonyl (C=O) groups is 1. The Hall–Kier alpha value is -3.74. The van der Waals surface area contributed by atoms with E-state index in [9.17, 15) is 4.79 Å². The Balaban J connectivity index is 1.30. The minimum absolute atomic E-state index is 0.0535. The zero-order chi connectivity index (χ0) is 20.9. The lowest BCUT2D eigenvalue weighted by atomic mass is 10.1. The average Bonchev–Trinajstić information content (AvgIpc) is 3.40. The fraction of sp³-hybridized carbons (Fsp3) is 0.217. The van der Waals surface area contributed by atoms with E-state index in [-0.39, 0.29) is 5.91 Å². The van der Waals surface area contributed by atoms with E-state index >= 15 is 0 Å². The monoisotopic (exact) mass is 401 g/mol. The number of benzene rings is 1. The summed E-state index contributed by atoms with van der Waals surface area (Å²) in [6, 6.07) is 11.9. The summed E-state index contributed by atoms with van der Waals surface area (Å²) in [5.41, 5.74) is 3.14. The molecule has 0 saturated heterocycles. The summed E-state index contributed by atoms with van der Waals surface area (Å²) in [6.45, 7) is 4.39. The molecule has 1 N–H and O–H groups in total. The molecule has 0 saturated carbocycles. The second-order valence-corrected chi connectivity index (χ2v) is 7.13. The number of rotatable bonds is 7. The lowest BCUT2D eigenvalue weighted by molar-refractivity contribution is -0.121. The molecule has 1 amide bonds. The predicted molar refractivity (Wildman–Crippen MR) is 113 cm³/mol. The van der Waals surface area contributed by atoms with Gasteiger partial charge in [-0.2, -0.15) is 0 Å². The molecule has 0 spiro atoms. The van der Waals surface area contributed by atoms with Crippen LogP contribution in [0.25, 0.3) is 17.1 Å². The Morgan fingerprint density at radius 2 is 1.90 bits per heavy atom. The van der Waals surface area contributed by atoms with Crippen molar-refractivity contribution < 1.29 is 9.21 Å². The normalized spacial score (nSPS) is 10.9. The van der Waals surface area contributed by atoms with Crippen molar-refractivity contribution >= 4 is 5.91 Å². The summed E-state index contributed by atoms with van der Waals surface area (Å²) < 4.78 is 7.69. The number of hydrogen-bond acceptors (Lipinski definition) is 5. The maximum absolute atomic E-state index is 12.3. The highest BCUT2D eigenvalue weighted by Gasteiger charge is 2.10. The van der Waals surface area contributed by atoms with Gasteiger partial charge in [-0.15, -0.1) is 0 Å². The molecule has 7 nitrogen and oxygen atoms in total. The zero-order valence-corrected chi connectivity index (χ0v) is 17.0. The summed E-state index contributed by atoms with van der Waals surface area (Å²) >= 11 is 0. The molecule has 4 aromatic rings. The van der Waals surface area contributed by atoms with E-state index < -0.39 is 0 Å². The Kier molecular flexibility index (Phi) is 5.70. The summed E-state index contributed by atoms with van der Waals surface area (Å²) in [6.07, 6.45) is 7.80. The fourth-order valence-electron chi connectivity index (χ4n) is 3.11. The summed E-state index contributed by atoms with van der Waals surface area (Å²) in [5.74, 6) is 2.86. The predicted octanol–water partition coefficient (Wildman–Crippen LogP) is 3.79. The number of carbonyl (C=O) groups excluding carboxylic acids is 1. The number of imidazole rings is 1. The van der Waals surface area contributed by atoms with Crippen LogP contribution in [-0.4, -0.2) is 25.4 Å². The Morgan fingerprint density at radius 3 is 2.67 bits per heavy atom. The maximum Gasteiger partial charge on any atom is 0.220 e. The van der Waals surface area contributed by atoms with Crippen molar-refractivity contribution in [1.82, 2.24) is 24.8 Å². The second-order valence-electron chi connectivity index (χ2n) is 7.13. The van der Waals surface area contributed by atoms with Gasteiger partial charge in [-0.25, -0.2) is 15.0 Å². The van der Waals surface area contributed by atoms with E-state index in [1.807, 2.05) is 61.0 Å². The lowest BCUT2D eigenvalue weighted by Crippen LogP contribution is -2.23. The van der Waals surface area contributed by atoms with Gasteiger partial charge in [-0.1, -0.05) is 29.8 Å². The molecule has 1 aromatic carbocycles. The van der Waals surface area contributed by atoms with Crippen LogP contribution in [0.3, 0.4) is 0 Å². The highest BCUT2D eigenvalue weighted by molar-refractivity contribution is 5.76. The molecule has 152 valence electrons. The van der Waals surface area contributed by atoms with E-state index in [0.717, 1.165) is 22.8 Å². The van der Waals surface area contributed by atoms with Crippen LogP contribution in [0, 0.1) is 13.8 Å². The summed E-state index contributed by atoms with van der Waals surface area (Å²) in [7, 11) is 0. The van der Waals surface area contributed by atoms with Crippen LogP contribution in [0.5, 0.6) is 0 Å². The van der Waals surface area contributed by atoms with E-state index in [2.05, 4.69) is 20.3 Å². The first-order valence-electron chi connectivity index (χ1n) is 9.82. The number of hydrogen-bond donors (Lipinski definition) is 1. The van der Waals surface area contributed by atoms with Gasteiger partial charge in [-0.05, 0) is 31.5 Å². The average molecular weight is 401 g/mol. The Bertz CT molecular complexity index is 1140. The molecule has 0 aliphatic heterocycles. The molecular formula is C23H23N5O2. The SMILES string of the molecule is Cc1ccc(-c2cnc(CCC(=O)NCc3ccnc(-n4ccnc4C)c3)o2)cc1. The number of oxazole rings is 1. The van der Waals surface area contributed by atoms with Gasteiger partial charge < -0.3 is 9.73 Å².